The van der Waals surface area contributed by atoms with Gasteiger partial charge in [0.2, 0.25) is 0 Å². The van der Waals surface area contributed by atoms with Crippen LogP contribution in [0.1, 0.15) is 42.4 Å². The molecule has 152 valence electrons. The number of anilines is 1. The van der Waals surface area contributed by atoms with E-state index in [-0.39, 0.29) is 5.91 Å². The molecule has 0 saturated carbocycles. The van der Waals surface area contributed by atoms with Gasteiger partial charge < -0.3 is 10.4 Å². The van der Waals surface area contributed by atoms with E-state index in [2.05, 4.69) is 15.4 Å². The molecule has 0 unspecified atom stereocenters. The van der Waals surface area contributed by atoms with E-state index < -0.39 is 5.60 Å². The fourth-order valence-corrected chi connectivity index (χ4v) is 3.29. The van der Waals surface area contributed by atoms with Crippen molar-refractivity contribution in [3.8, 4) is 11.3 Å². The van der Waals surface area contributed by atoms with Crippen LogP contribution in [0.4, 0.5) is 5.82 Å². The van der Waals surface area contributed by atoms with E-state index in [1.807, 2.05) is 53.9 Å². The van der Waals surface area contributed by atoms with Gasteiger partial charge in [-0.05, 0) is 38.0 Å². The zero-order valence-electron chi connectivity index (χ0n) is 17.3. The molecule has 4 aromatic rings. The number of nitrogens with one attached hydrogen (secondary N) is 1. The minimum atomic E-state index is -0.953. The molecule has 0 atom stereocenters. The normalized spacial score (nSPS) is 11.6. The highest BCUT2D eigenvalue weighted by molar-refractivity contribution is 6.04. The summed E-state index contributed by atoms with van der Waals surface area (Å²) in [5, 5.41) is 17.6. The lowest BCUT2D eigenvalue weighted by Crippen LogP contribution is -2.17. The van der Waals surface area contributed by atoms with Gasteiger partial charge in [0.1, 0.15) is 5.82 Å². The highest BCUT2D eigenvalue weighted by atomic mass is 16.3. The smallest absolute Gasteiger partial charge is 0.256 e. The summed E-state index contributed by atoms with van der Waals surface area (Å²) in [6.45, 7) is 5.47. The molecule has 2 aromatic heterocycles. The highest BCUT2D eigenvalue weighted by Gasteiger charge is 2.17. The van der Waals surface area contributed by atoms with Gasteiger partial charge in [-0.15, -0.1) is 0 Å². The van der Waals surface area contributed by atoms with Gasteiger partial charge in [-0.1, -0.05) is 49.4 Å². The molecule has 0 bridgehead atoms. The molecule has 2 aromatic carbocycles. The van der Waals surface area contributed by atoms with Crippen molar-refractivity contribution >= 4 is 17.4 Å². The van der Waals surface area contributed by atoms with Crippen LogP contribution in [-0.2, 0) is 12.0 Å². The maximum absolute atomic E-state index is 12.8. The third-order valence-corrected chi connectivity index (χ3v) is 5.00. The van der Waals surface area contributed by atoms with E-state index in [1.54, 1.807) is 38.1 Å². The van der Waals surface area contributed by atoms with Crippen LogP contribution in [0.15, 0.2) is 66.7 Å². The van der Waals surface area contributed by atoms with Gasteiger partial charge in [-0.25, -0.2) is 9.50 Å². The van der Waals surface area contributed by atoms with Crippen LogP contribution < -0.4 is 5.32 Å². The number of hydrogen-bond donors (Lipinski definition) is 2. The Balaban J connectivity index is 1.70. The second-order valence-corrected chi connectivity index (χ2v) is 7.74. The van der Waals surface area contributed by atoms with Crippen LogP contribution in [0, 0.1) is 0 Å². The molecule has 0 radical (unpaired) electrons. The maximum atomic E-state index is 12.8. The first kappa shape index (κ1) is 19.8. The van der Waals surface area contributed by atoms with Gasteiger partial charge in [0.15, 0.2) is 5.65 Å². The highest BCUT2D eigenvalue weighted by Crippen LogP contribution is 2.24. The molecule has 2 heterocycles. The fraction of sp³-hybridized carbons (Fsp3) is 0.208. The molecule has 6 heteroatoms. The molecule has 1 amide bonds. The minimum Gasteiger partial charge on any atom is -0.386 e. The second-order valence-electron chi connectivity index (χ2n) is 7.74. The average Bonchev–Trinajstić information content (AvgIpc) is 3.16. The van der Waals surface area contributed by atoms with Crippen LogP contribution in [0.5, 0.6) is 0 Å². The number of aromatic nitrogens is 3. The molecular formula is C24H24N4O2. The lowest BCUT2D eigenvalue weighted by Gasteiger charge is -2.17. The summed E-state index contributed by atoms with van der Waals surface area (Å²) < 4.78 is 1.81. The van der Waals surface area contributed by atoms with Crippen LogP contribution in [-0.4, -0.2) is 25.6 Å². The third kappa shape index (κ3) is 3.95. The van der Waals surface area contributed by atoms with Crippen LogP contribution in [0.2, 0.25) is 0 Å². The number of amides is 1. The molecule has 30 heavy (non-hydrogen) atoms. The number of aliphatic hydroxyl groups is 1. The van der Waals surface area contributed by atoms with E-state index in [0.29, 0.717) is 17.0 Å². The first-order valence-corrected chi connectivity index (χ1v) is 9.94. The Morgan fingerprint density at radius 1 is 1.07 bits per heavy atom. The number of benzene rings is 2. The number of hydrogen-bond acceptors (Lipinski definition) is 4. The Hall–Kier alpha value is -3.51. The van der Waals surface area contributed by atoms with Gasteiger partial charge >= 0.3 is 0 Å². The van der Waals surface area contributed by atoms with Crippen molar-refractivity contribution in [1.29, 1.82) is 0 Å². The van der Waals surface area contributed by atoms with E-state index >= 15 is 0 Å². The fourth-order valence-electron chi connectivity index (χ4n) is 3.29. The van der Waals surface area contributed by atoms with Crippen molar-refractivity contribution in [2.75, 3.05) is 5.32 Å². The zero-order chi connectivity index (χ0) is 21.3. The number of nitrogens with zero attached hydrogens (tertiary/aromatic N) is 3. The summed E-state index contributed by atoms with van der Waals surface area (Å²) in [5.74, 6) is 0.198. The lowest BCUT2D eigenvalue weighted by atomic mass is 9.97. The summed E-state index contributed by atoms with van der Waals surface area (Å²) in [4.78, 5) is 17.4. The number of carbonyl (C=O) groups is 1. The quantitative estimate of drug-likeness (QED) is 0.519. The minimum absolute atomic E-state index is 0.261. The van der Waals surface area contributed by atoms with Crippen LogP contribution in [0.25, 0.3) is 16.9 Å². The topological polar surface area (TPSA) is 79.5 Å². The largest absolute Gasteiger partial charge is 0.386 e. The number of aryl methyl sites for hydroxylation is 1. The van der Waals surface area contributed by atoms with Gasteiger partial charge in [-0.2, -0.15) is 5.10 Å². The molecule has 2 N–H and O–H groups in total. The van der Waals surface area contributed by atoms with Crippen molar-refractivity contribution in [2.24, 2.45) is 0 Å². The van der Waals surface area contributed by atoms with E-state index in [9.17, 15) is 9.90 Å². The van der Waals surface area contributed by atoms with Gasteiger partial charge in [-0.3, -0.25) is 4.79 Å². The Kier molecular flexibility index (Phi) is 5.10. The summed E-state index contributed by atoms with van der Waals surface area (Å²) in [7, 11) is 0. The summed E-state index contributed by atoms with van der Waals surface area (Å²) >= 11 is 0. The predicted octanol–water partition coefficient (Wildman–Crippen LogP) is 4.44. The van der Waals surface area contributed by atoms with E-state index in [4.69, 9.17) is 0 Å². The lowest BCUT2D eigenvalue weighted by molar-refractivity contribution is 0.0785. The molecule has 0 spiro atoms. The first-order valence-electron chi connectivity index (χ1n) is 9.94. The molecule has 6 nitrogen and oxygen atoms in total. The molecule has 0 aliphatic rings. The zero-order valence-corrected chi connectivity index (χ0v) is 17.3. The van der Waals surface area contributed by atoms with Crippen molar-refractivity contribution in [1.82, 2.24) is 14.6 Å². The summed E-state index contributed by atoms with van der Waals surface area (Å²) in [5.41, 5.74) is 3.75. The van der Waals surface area contributed by atoms with E-state index in [0.717, 1.165) is 28.9 Å². The first-order chi connectivity index (χ1) is 14.3. The summed E-state index contributed by atoms with van der Waals surface area (Å²) in [6, 6.07) is 20.6. The van der Waals surface area contributed by atoms with Gasteiger partial charge in [0.25, 0.3) is 5.91 Å². The number of rotatable bonds is 5. The average molecular weight is 400 g/mol. The molecule has 0 aliphatic heterocycles. The Morgan fingerprint density at radius 3 is 2.40 bits per heavy atom. The Labute approximate surface area is 175 Å². The number of carbonyl (C=O) groups excluding carboxylic acids is 1. The standard InChI is InChI=1S/C24H24N4O2/c1-4-19-14-22-25-21(15-20(28(22)27-19)16-8-6-5-7-9-16)26-23(29)17-10-12-18(13-11-17)24(2,3)30/h5-15,30H,4H2,1-3H3,(H,25,26,29). The molecule has 0 aliphatic carbocycles. The Morgan fingerprint density at radius 2 is 1.77 bits per heavy atom. The van der Waals surface area contributed by atoms with Crippen LogP contribution in [0.3, 0.4) is 0 Å². The van der Waals surface area contributed by atoms with Gasteiger partial charge in [0, 0.05) is 23.3 Å². The van der Waals surface area contributed by atoms with Gasteiger partial charge in [0.05, 0.1) is 17.0 Å². The Bertz CT molecular complexity index is 1190. The molecule has 4 rings (SSSR count). The van der Waals surface area contributed by atoms with Crippen LogP contribution >= 0.6 is 0 Å². The van der Waals surface area contributed by atoms with Crippen molar-refractivity contribution in [3.63, 3.8) is 0 Å². The molecular weight excluding hydrogens is 376 g/mol. The molecule has 0 saturated heterocycles. The van der Waals surface area contributed by atoms with Crippen molar-refractivity contribution in [2.45, 2.75) is 32.8 Å². The van der Waals surface area contributed by atoms with Crippen molar-refractivity contribution in [3.05, 3.63) is 83.6 Å². The van der Waals surface area contributed by atoms with Crippen molar-refractivity contribution < 1.29 is 9.90 Å². The summed E-state index contributed by atoms with van der Waals surface area (Å²) in [6.07, 6.45) is 0.798. The predicted molar refractivity (Wildman–Crippen MR) is 117 cm³/mol. The number of fused-ring (bicyclic) bond motifs is 1. The van der Waals surface area contributed by atoms with E-state index in [1.165, 1.54) is 0 Å². The SMILES string of the molecule is CCc1cc2nc(NC(=O)c3ccc(C(C)(C)O)cc3)cc(-c3ccccc3)n2n1. The maximum Gasteiger partial charge on any atom is 0.256 e. The second kappa shape index (κ2) is 7.72. The molecule has 0 fully saturated rings. The monoisotopic (exact) mass is 400 g/mol. The third-order valence-electron chi connectivity index (χ3n) is 5.00.